The molecule has 0 aliphatic heterocycles. The zero-order valence-electron chi connectivity index (χ0n) is 8.45. The van der Waals surface area contributed by atoms with Crippen molar-refractivity contribution in [3.63, 3.8) is 0 Å². The van der Waals surface area contributed by atoms with Gasteiger partial charge in [0.15, 0.2) is 21.5 Å². The zero-order valence-corrected chi connectivity index (χ0v) is 10.8. The second-order valence-electron chi connectivity index (χ2n) is 3.31. The predicted octanol–water partition coefficient (Wildman–Crippen LogP) is 1.44. The van der Waals surface area contributed by atoms with Crippen molar-refractivity contribution in [1.29, 1.82) is 0 Å². The molecule has 0 aliphatic carbocycles. The Morgan fingerprint density at radius 3 is 2.06 bits per heavy atom. The molecule has 17 heavy (non-hydrogen) atoms. The fourth-order valence-corrected chi connectivity index (χ4v) is 2.83. The summed E-state index contributed by atoms with van der Waals surface area (Å²) in [4.78, 5) is -0.828. The molecular formula is C8H7ClF2O4S2. The molecule has 1 aromatic carbocycles. The lowest BCUT2D eigenvalue weighted by Crippen LogP contribution is -2.07. The summed E-state index contributed by atoms with van der Waals surface area (Å²) in [6, 6.07) is 1.67. The van der Waals surface area contributed by atoms with E-state index in [1.807, 2.05) is 0 Å². The van der Waals surface area contributed by atoms with Gasteiger partial charge in [-0.2, -0.15) is 0 Å². The lowest BCUT2D eigenvalue weighted by molar-refractivity contribution is 0.479. The van der Waals surface area contributed by atoms with Crippen LogP contribution in [0.1, 0.15) is 5.56 Å². The molecule has 0 spiro atoms. The highest BCUT2D eigenvalue weighted by Crippen LogP contribution is 2.22. The fraction of sp³-hybridized carbons (Fsp3) is 0.250. The van der Waals surface area contributed by atoms with Crippen LogP contribution in [0.15, 0.2) is 17.0 Å². The van der Waals surface area contributed by atoms with E-state index in [9.17, 15) is 25.6 Å². The van der Waals surface area contributed by atoms with Crippen LogP contribution in [-0.4, -0.2) is 23.1 Å². The van der Waals surface area contributed by atoms with Crippen molar-refractivity contribution in [1.82, 2.24) is 0 Å². The van der Waals surface area contributed by atoms with Gasteiger partial charge in [-0.25, -0.2) is 25.6 Å². The van der Waals surface area contributed by atoms with Gasteiger partial charge in [0.25, 0.3) is 0 Å². The summed E-state index contributed by atoms with van der Waals surface area (Å²) in [6.45, 7) is 0. The Morgan fingerprint density at radius 2 is 1.65 bits per heavy atom. The number of hydrogen-bond donors (Lipinski definition) is 0. The van der Waals surface area contributed by atoms with Crippen molar-refractivity contribution < 1.29 is 25.6 Å². The largest absolute Gasteiger partial charge is 0.236 e. The molecule has 0 aliphatic rings. The minimum absolute atomic E-state index is 0.523. The van der Waals surface area contributed by atoms with Crippen LogP contribution in [0.5, 0.6) is 0 Å². The number of halogens is 3. The molecule has 0 aromatic heterocycles. The molecule has 9 heteroatoms. The summed E-state index contributed by atoms with van der Waals surface area (Å²) in [5.41, 5.74) is -0.523. The SMILES string of the molecule is CS(=O)(=O)c1ccc(CS(=O)(=O)Cl)c(F)c1F. The minimum atomic E-state index is -4.05. The van der Waals surface area contributed by atoms with Crippen LogP contribution in [0, 0.1) is 11.6 Å². The molecule has 4 nitrogen and oxygen atoms in total. The summed E-state index contributed by atoms with van der Waals surface area (Å²) in [5, 5.41) is 0. The summed E-state index contributed by atoms with van der Waals surface area (Å²) < 4.78 is 70.2. The molecule has 0 amide bonds. The quantitative estimate of drug-likeness (QED) is 0.792. The second kappa shape index (κ2) is 4.51. The first-order valence-corrected chi connectivity index (χ1v) is 8.48. The highest BCUT2D eigenvalue weighted by molar-refractivity contribution is 8.13. The first-order chi connectivity index (χ1) is 7.52. The monoisotopic (exact) mass is 304 g/mol. The summed E-state index contributed by atoms with van der Waals surface area (Å²) in [6.07, 6.45) is 0.711. The van der Waals surface area contributed by atoms with Crippen LogP contribution in [0.2, 0.25) is 0 Å². The molecule has 0 N–H and O–H groups in total. The normalized spacial score (nSPS) is 12.7. The highest BCUT2D eigenvalue weighted by atomic mass is 35.7. The predicted molar refractivity (Wildman–Crippen MR) is 57.9 cm³/mol. The highest BCUT2D eigenvalue weighted by Gasteiger charge is 2.22. The maximum absolute atomic E-state index is 13.4. The third kappa shape index (κ3) is 3.62. The molecular weight excluding hydrogens is 298 g/mol. The van der Waals surface area contributed by atoms with Crippen LogP contribution in [0.4, 0.5) is 8.78 Å². The molecule has 0 unspecified atom stereocenters. The maximum Gasteiger partial charge on any atom is 0.236 e. The van der Waals surface area contributed by atoms with E-state index in [4.69, 9.17) is 10.7 Å². The molecule has 96 valence electrons. The molecule has 1 rings (SSSR count). The molecule has 0 fully saturated rings. The Bertz CT molecular complexity index is 652. The van der Waals surface area contributed by atoms with Crippen LogP contribution >= 0.6 is 10.7 Å². The molecule has 0 saturated heterocycles. The Hall–Kier alpha value is -0.730. The maximum atomic E-state index is 13.4. The molecule has 1 aromatic rings. The first-order valence-electron chi connectivity index (χ1n) is 4.11. The third-order valence-electron chi connectivity index (χ3n) is 1.85. The average Bonchev–Trinajstić information content (AvgIpc) is 2.08. The van der Waals surface area contributed by atoms with Gasteiger partial charge in [-0.15, -0.1) is 0 Å². The smallest absolute Gasteiger partial charge is 0.224 e. The lowest BCUT2D eigenvalue weighted by atomic mass is 10.2. The Morgan fingerprint density at radius 1 is 1.12 bits per heavy atom. The molecule has 0 radical (unpaired) electrons. The molecule has 0 saturated carbocycles. The molecule has 0 heterocycles. The fourth-order valence-electron chi connectivity index (χ4n) is 1.16. The van der Waals surface area contributed by atoms with Crippen LogP contribution in [0.25, 0.3) is 0 Å². The van der Waals surface area contributed by atoms with Crippen molar-refractivity contribution in [2.45, 2.75) is 10.6 Å². The number of rotatable bonds is 3. The Labute approximate surface area is 102 Å². The van der Waals surface area contributed by atoms with Gasteiger partial charge in [-0.1, -0.05) is 6.07 Å². The number of hydrogen-bond acceptors (Lipinski definition) is 4. The summed E-state index contributed by atoms with van der Waals surface area (Å²) in [7, 11) is -3.08. The van der Waals surface area contributed by atoms with E-state index in [1.54, 1.807) is 0 Å². The van der Waals surface area contributed by atoms with E-state index < -0.39 is 46.7 Å². The second-order valence-corrected chi connectivity index (χ2v) is 8.07. The van der Waals surface area contributed by atoms with Gasteiger partial charge >= 0.3 is 0 Å². The van der Waals surface area contributed by atoms with E-state index in [-0.39, 0.29) is 0 Å². The molecule has 0 atom stereocenters. The zero-order chi connectivity index (χ0) is 13.4. The van der Waals surface area contributed by atoms with Crippen molar-refractivity contribution in [3.8, 4) is 0 Å². The minimum Gasteiger partial charge on any atom is -0.224 e. The number of sulfone groups is 1. The molecule has 0 bridgehead atoms. The van der Waals surface area contributed by atoms with E-state index in [0.29, 0.717) is 6.26 Å². The first kappa shape index (κ1) is 14.3. The van der Waals surface area contributed by atoms with Gasteiger partial charge in [0.1, 0.15) is 4.90 Å². The van der Waals surface area contributed by atoms with Crippen molar-refractivity contribution in [3.05, 3.63) is 29.3 Å². The van der Waals surface area contributed by atoms with Crippen LogP contribution in [-0.2, 0) is 24.6 Å². The van der Waals surface area contributed by atoms with E-state index in [1.165, 1.54) is 0 Å². The van der Waals surface area contributed by atoms with Crippen molar-refractivity contribution in [2.75, 3.05) is 6.26 Å². The third-order valence-corrected chi connectivity index (χ3v) is 3.95. The van der Waals surface area contributed by atoms with Gasteiger partial charge < -0.3 is 0 Å². The number of benzene rings is 1. The standard InChI is InChI=1S/C8H7ClF2O4S2/c1-16(12,13)6-3-2-5(4-17(9,14)15)7(10)8(6)11/h2-3H,4H2,1H3. The Kier molecular flexibility index (Phi) is 3.80. The van der Waals surface area contributed by atoms with Gasteiger partial charge in [-0.3, -0.25) is 0 Å². The van der Waals surface area contributed by atoms with Gasteiger partial charge in [0.05, 0.1) is 5.75 Å². The summed E-state index contributed by atoms with van der Waals surface area (Å²) >= 11 is 0. The topological polar surface area (TPSA) is 68.3 Å². The van der Waals surface area contributed by atoms with Gasteiger partial charge in [-0.05, 0) is 6.07 Å². The average molecular weight is 305 g/mol. The van der Waals surface area contributed by atoms with E-state index in [2.05, 4.69) is 0 Å². The van der Waals surface area contributed by atoms with E-state index in [0.717, 1.165) is 12.1 Å². The Balaban J connectivity index is 3.40. The lowest BCUT2D eigenvalue weighted by Gasteiger charge is -2.05. The van der Waals surface area contributed by atoms with E-state index >= 15 is 0 Å². The van der Waals surface area contributed by atoms with Gasteiger partial charge in [0, 0.05) is 22.5 Å². The van der Waals surface area contributed by atoms with Gasteiger partial charge in [0.2, 0.25) is 9.05 Å². The summed E-state index contributed by atoms with van der Waals surface area (Å²) in [5.74, 6) is -4.05. The van der Waals surface area contributed by atoms with Crippen LogP contribution in [0.3, 0.4) is 0 Å². The van der Waals surface area contributed by atoms with Crippen molar-refractivity contribution >= 4 is 29.6 Å². The van der Waals surface area contributed by atoms with Crippen LogP contribution < -0.4 is 0 Å². The van der Waals surface area contributed by atoms with Crippen molar-refractivity contribution in [2.24, 2.45) is 0 Å².